The molecule has 0 radical (unpaired) electrons. The topological polar surface area (TPSA) is 67.9 Å². The highest BCUT2D eigenvalue weighted by molar-refractivity contribution is 6.35. The van der Waals surface area contributed by atoms with Gasteiger partial charge in [0.2, 0.25) is 0 Å². The molecular formula is C26H22Cl2N2O4. The molecule has 1 aliphatic heterocycles. The summed E-state index contributed by atoms with van der Waals surface area (Å²) in [6.45, 7) is 2.73. The smallest absolute Gasteiger partial charge is 0.329 e. The van der Waals surface area contributed by atoms with Crippen LogP contribution in [0.2, 0.25) is 10.0 Å². The van der Waals surface area contributed by atoms with E-state index in [0.717, 1.165) is 11.1 Å². The highest BCUT2D eigenvalue weighted by Gasteiger charge is 2.33. The summed E-state index contributed by atoms with van der Waals surface area (Å²) in [5.74, 6) is 0.659. The van der Waals surface area contributed by atoms with E-state index < -0.39 is 6.03 Å². The maximum Gasteiger partial charge on any atom is 0.329 e. The fourth-order valence-corrected chi connectivity index (χ4v) is 3.91. The molecule has 4 rings (SSSR count). The predicted molar refractivity (Wildman–Crippen MR) is 132 cm³/mol. The van der Waals surface area contributed by atoms with Crippen LogP contribution < -0.4 is 14.8 Å². The van der Waals surface area contributed by atoms with Crippen molar-refractivity contribution < 1.29 is 19.1 Å². The van der Waals surface area contributed by atoms with E-state index in [1.165, 1.54) is 4.90 Å². The lowest BCUT2D eigenvalue weighted by atomic mass is 10.1. The number of nitrogens with zero attached hydrogens (tertiary/aromatic N) is 1. The summed E-state index contributed by atoms with van der Waals surface area (Å²) in [5.41, 5.74) is 2.54. The zero-order valence-corrected chi connectivity index (χ0v) is 19.9. The maximum absolute atomic E-state index is 12.8. The van der Waals surface area contributed by atoms with E-state index in [1.807, 2.05) is 37.3 Å². The van der Waals surface area contributed by atoms with Gasteiger partial charge in [-0.05, 0) is 48.4 Å². The summed E-state index contributed by atoms with van der Waals surface area (Å²) in [4.78, 5) is 26.4. The van der Waals surface area contributed by atoms with Crippen LogP contribution in [0.1, 0.15) is 23.6 Å². The summed E-state index contributed by atoms with van der Waals surface area (Å²) in [6.07, 6.45) is 1.62. The van der Waals surface area contributed by atoms with Crippen molar-refractivity contribution >= 4 is 41.2 Å². The fourth-order valence-electron chi connectivity index (χ4n) is 3.44. The summed E-state index contributed by atoms with van der Waals surface area (Å²) < 4.78 is 11.7. The molecule has 34 heavy (non-hydrogen) atoms. The highest BCUT2D eigenvalue weighted by Crippen LogP contribution is 2.31. The van der Waals surface area contributed by atoms with Crippen LogP contribution in [0.4, 0.5) is 4.79 Å². The molecule has 174 valence electrons. The number of imide groups is 1. The number of halogens is 2. The van der Waals surface area contributed by atoms with Gasteiger partial charge in [0.05, 0.1) is 13.2 Å². The lowest BCUT2D eigenvalue weighted by Gasteiger charge is -2.13. The molecule has 0 atom stereocenters. The van der Waals surface area contributed by atoms with Gasteiger partial charge < -0.3 is 14.8 Å². The molecule has 8 heteroatoms. The number of carbonyl (C=O) groups is 2. The Kier molecular flexibility index (Phi) is 7.40. The Morgan fingerprint density at radius 1 is 0.941 bits per heavy atom. The lowest BCUT2D eigenvalue weighted by Crippen LogP contribution is -2.30. The zero-order chi connectivity index (χ0) is 24.1. The van der Waals surface area contributed by atoms with Crippen LogP contribution >= 0.6 is 23.2 Å². The number of hydrogen-bond donors (Lipinski definition) is 1. The molecule has 1 heterocycles. The van der Waals surface area contributed by atoms with Crippen LogP contribution in [0.3, 0.4) is 0 Å². The molecule has 0 saturated carbocycles. The number of hydrogen-bond acceptors (Lipinski definition) is 4. The largest absolute Gasteiger partial charge is 0.490 e. The Morgan fingerprint density at radius 2 is 1.74 bits per heavy atom. The second-order valence-corrected chi connectivity index (χ2v) is 8.37. The van der Waals surface area contributed by atoms with Crippen molar-refractivity contribution in [2.24, 2.45) is 0 Å². The molecule has 0 unspecified atom stereocenters. The predicted octanol–water partition coefficient (Wildman–Crippen LogP) is 6.06. The number of carbonyl (C=O) groups excluding carboxylic acids is 2. The summed E-state index contributed by atoms with van der Waals surface area (Å²) in [6, 6.07) is 19.4. The van der Waals surface area contributed by atoms with Crippen LogP contribution in [0, 0.1) is 0 Å². The van der Waals surface area contributed by atoms with Gasteiger partial charge in [0.15, 0.2) is 11.5 Å². The average Bonchev–Trinajstić information content (AvgIpc) is 3.08. The summed E-state index contributed by atoms with van der Waals surface area (Å²) in [5, 5.41) is 3.72. The monoisotopic (exact) mass is 496 g/mol. The molecule has 0 spiro atoms. The minimum absolute atomic E-state index is 0.199. The Balaban J connectivity index is 1.51. The van der Waals surface area contributed by atoms with Gasteiger partial charge in [0.25, 0.3) is 5.91 Å². The van der Waals surface area contributed by atoms with E-state index in [0.29, 0.717) is 33.7 Å². The van der Waals surface area contributed by atoms with Gasteiger partial charge in [0, 0.05) is 15.6 Å². The fraction of sp³-hybridized carbons (Fsp3) is 0.154. The molecular weight excluding hydrogens is 475 g/mol. The van der Waals surface area contributed by atoms with Gasteiger partial charge in [-0.15, -0.1) is 0 Å². The van der Waals surface area contributed by atoms with Gasteiger partial charge in [-0.3, -0.25) is 9.69 Å². The van der Waals surface area contributed by atoms with Crippen LogP contribution in [-0.2, 0) is 17.9 Å². The Hall–Kier alpha value is -3.48. The third kappa shape index (κ3) is 5.53. The van der Waals surface area contributed by atoms with Crippen molar-refractivity contribution in [3.63, 3.8) is 0 Å². The van der Waals surface area contributed by atoms with Gasteiger partial charge in [-0.25, -0.2) is 4.79 Å². The third-order valence-corrected chi connectivity index (χ3v) is 5.71. The van der Waals surface area contributed by atoms with Gasteiger partial charge in [-0.1, -0.05) is 65.7 Å². The highest BCUT2D eigenvalue weighted by atomic mass is 35.5. The second kappa shape index (κ2) is 10.6. The van der Waals surface area contributed by atoms with Crippen LogP contribution in [0.5, 0.6) is 11.5 Å². The summed E-state index contributed by atoms with van der Waals surface area (Å²) >= 11 is 12.2. The molecule has 3 aromatic carbocycles. The first-order chi connectivity index (χ1) is 16.4. The van der Waals surface area contributed by atoms with Crippen molar-refractivity contribution in [1.82, 2.24) is 10.2 Å². The molecule has 1 saturated heterocycles. The Bertz CT molecular complexity index is 1240. The van der Waals surface area contributed by atoms with Gasteiger partial charge >= 0.3 is 6.03 Å². The second-order valence-electron chi connectivity index (χ2n) is 7.53. The molecule has 1 fully saturated rings. The standard InChI is InChI=1S/C26H22Cl2N2O4/c1-2-33-24-13-18(8-11-23(24)34-16-19-9-10-20(27)14-21(19)28)12-22-25(31)30(26(32)29-22)15-17-6-4-3-5-7-17/h3-14H,2,15-16H2,1H3,(H,29,32)/b22-12+. The van der Waals surface area contributed by atoms with E-state index >= 15 is 0 Å². The van der Waals surface area contributed by atoms with Crippen LogP contribution in [-0.4, -0.2) is 23.4 Å². The first kappa shape index (κ1) is 23.7. The molecule has 1 N–H and O–H groups in total. The zero-order valence-electron chi connectivity index (χ0n) is 18.4. The molecule has 3 amide bonds. The quantitative estimate of drug-likeness (QED) is 0.303. The number of rotatable bonds is 8. The Morgan fingerprint density at radius 3 is 2.47 bits per heavy atom. The van der Waals surface area contributed by atoms with Gasteiger partial charge in [-0.2, -0.15) is 0 Å². The molecule has 0 bridgehead atoms. The number of urea groups is 1. The van der Waals surface area contributed by atoms with E-state index in [1.54, 1.807) is 42.5 Å². The maximum atomic E-state index is 12.8. The first-order valence-corrected chi connectivity index (χ1v) is 11.4. The van der Waals surface area contributed by atoms with E-state index in [4.69, 9.17) is 32.7 Å². The van der Waals surface area contributed by atoms with Crippen molar-refractivity contribution in [3.8, 4) is 11.5 Å². The lowest BCUT2D eigenvalue weighted by molar-refractivity contribution is -0.123. The molecule has 0 aliphatic carbocycles. The minimum atomic E-state index is -0.454. The van der Waals surface area contributed by atoms with Crippen LogP contribution in [0.25, 0.3) is 6.08 Å². The van der Waals surface area contributed by atoms with Crippen molar-refractivity contribution in [1.29, 1.82) is 0 Å². The number of nitrogens with one attached hydrogen (secondary N) is 1. The van der Waals surface area contributed by atoms with Crippen molar-refractivity contribution in [2.45, 2.75) is 20.1 Å². The normalized spacial score (nSPS) is 14.4. The van der Waals surface area contributed by atoms with E-state index in [9.17, 15) is 9.59 Å². The van der Waals surface area contributed by atoms with Crippen molar-refractivity contribution in [2.75, 3.05) is 6.61 Å². The number of amides is 3. The van der Waals surface area contributed by atoms with Crippen molar-refractivity contribution in [3.05, 3.63) is 99.2 Å². The molecule has 1 aliphatic rings. The van der Waals surface area contributed by atoms with Crippen LogP contribution in [0.15, 0.2) is 72.4 Å². The number of ether oxygens (including phenoxy) is 2. The molecule has 3 aromatic rings. The number of benzene rings is 3. The molecule has 0 aromatic heterocycles. The third-order valence-electron chi connectivity index (χ3n) is 5.12. The SMILES string of the molecule is CCOc1cc(/C=C2/NC(=O)N(Cc3ccccc3)C2=O)ccc1OCc1ccc(Cl)cc1Cl. The van der Waals surface area contributed by atoms with E-state index in [-0.39, 0.29) is 24.8 Å². The average molecular weight is 497 g/mol. The molecule has 6 nitrogen and oxygen atoms in total. The first-order valence-electron chi connectivity index (χ1n) is 10.7. The van der Waals surface area contributed by atoms with E-state index in [2.05, 4.69) is 5.32 Å². The Labute approximate surface area is 207 Å². The summed E-state index contributed by atoms with van der Waals surface area (Å²) in [7, 11) is 0. The van der Waals surface area contributed by atoms with Gasteiger partial charge in [0.1, 0.15) is 12.3 Å². The minimum Gasteiger partial charge on any atom is -0.490 e.